The first-order valence-electron chi connectivity index (χ1n) is 7.88. The molecule has 0 unspecified atom stereocenters. The summed E-state index contributed by atoms with van der Waals surface area (Å²) in [6.07, 6.45) is 5.99. The first kappa shape index (κ1) is 15.3. The van der Waals surface area contributed by atoms with Gasteiger partial charge < -0.3 is 10.1 Å². The molecule has 1 aromatic heterocycles. The van der Waals surface area contributed by atoms with E-state index in [0.717, 1.165) is 36.7 Å². The number of fused-ring (bicyclic) bond motifs is 1. The van der Waals surface area contributed by atoms with Crippen molar-refractivity contribution >= 4 is 17.8 Å². The van der Waals surface area contributed by atoms with E-state index in [2.05, 4.69) is 30.3 Å². The Kier molecular flexibility index (Phi) is 4.46. The van der Waals surface area contributed by atoms with E-state index >= 15 is 0 Å². The van der Waals surface area contributed by atoms with Gasteiger partial charge in [-0.05, 0) is 35.3 Å². The van der Waals surface area contributed by atoms with E-state index in [9.17, 15) is 4.79 Å². The van der Waals surface area contributed by atoms with E-state index in [1.165, 1.54) is 5.56 Å². The molecule has 0 bridgehead atoms. The van der Waals surface area contributed by atoms with Crippen LogP contribution in [0.15, 0.2) is 36.5 Å². The molecule has 0 saturated heterocycles. The number of carbonyl (C=O) groups excluding carboxylic acids is 1. The molecule has 1 aliphatic heterocycles. The summed E-state index contributed by atoms with van der Waals surface area (Å²) in [6, 6.07) is 7.78. The predicted molar refractivity (Wildman–Crippen MR) is 90.4 cm³/mol. The molecule has 1 aliphatic rings. The summed E-state index contributed by atoms with van der Waals surface area (Å²) in [7, 11) is 0. The molecule has 23 heavy (non-hydrogen) atoms. The van der Waals surface area contributed by atoms with Gasteiger partial charge in [-0.15, -0.1) is 0 Å². The van der Waals surface area contributed by atoms with Crippen molar-refractivity contribution in [1.29, 1.82) is 0 Å². The summed E-state index contributed by atoms with van der Waals surface area (Å²) in [5, 5.41) is 7.10. The van der Waals surface area contributed by atoms with Crippen molar-refractivity contribution in [2.24, 2.45) is 5.92 Å². The second-order valence-corrected chi connectivity index (χ2v) is 6.08. The summed E-state index contributed by atoms with van der Waals surface area (Å²) < 4.78 is 7.29. The smallest absolute Gasteiger partial charge is 0.249 e. The second-order valence-electron chi connectivity index (χ2n) is 6.08. The molecule has 0 radical (unpaired) electrons. The number of benzene rings is 1. The fourth-order valence-corrected chi connectivity index (χ4v) is 2.58. The lowest BCUT2D eigenvalue weighted by Gasteiger charge is -2.09. The fourth-order valence-electron chi connectivity index (χ4n) is 2.58. The number of carbonyl (C=O) groups is 1. The summed E-state index contributed by atoms with van der Waals surface area (Å²) in [4.78, 5) is 12.1. The van der Waals surface area contributed by atoms with Crippen LogP contribution in [0, 0.1) is 5.92 Å². The highest BCUT2D eigenvalue weighted by atomic mass is 16.5. The molecule has 5 nitrogen and oxygen atoms in total. The van der Waals surface area contributed by atoms with Gasteiger partial charge in [-0.25, -0.2) is 4.68 Å². The molecule has 3 rings (SSSR count). The molecule has 1 aromatic carbocycles. The lowest BCUT2D eigenvalue weighted by atomic mass is 10.1. The van der Waals surface area contributed by atoms with Gasteiger partial charge >= 0.3 is 0 Å². The van der Waals surface area contributed by atoms with Gasteiger partial charge in [-0.2, -0.15) is 5.10 Å². The van der Waals surface area contributed by atoms with Gasteiger partial charge in [0.25, 0.3) is 0 Å². The first-order chi connectivity index (χ1) is 11.1. The normalized spacial score (nSPS) is 13.3. The molecule has 1 amide bonds. The molecule has 5 heteroatoms. The number of rotatable bonds is 5. The lowest BCUT2D eigenvalue weighted by molar-refractivity contribution is -0.111. The SMILES string of the molecule is CC(C)Cn1nccc1NC(=O)/C=C/c1ccc2c(c1)CCO2. The van der Waals surface area contributed by atoms with E-state index in [-0.39, 0.29) is 5.91 Å². The van der Waals surface area contributed by atoms with E-state index in [1.807, 2.05) is 22.9 Å². The number of aromatic nitrogens is 2. The molecular weight excluding hydrogens is 290 g/mol. The van der Waals surface area contributed by atoms with Crippen molar-refractivity contribution < 1.29 is 9.53 Å². The zero-order valence-corrected chi connectivity index (χ0v) is 13.5. The van der Waals surface area contributed by atoms with Crippen molar-refractivity contribution in [3.05, 3.63) is 47.7 Å². The van der Waals surface area contributed by atoms with Gasteiger partial charge in [-0.3, -0.25) is 4.79 Å². The molecule has 0 spiro atoms. The summed E-state index contributed by atoms with van der Waals surface area (Å²) in [5.74, 6) is 1.97. The maximum Gasteiger partial charge on any atom is 0.249 e. The zero-order valence-electron chi connectivity index (χ0n) is 13.5. The second kappa shape index (κ2) is 6.69. The third kappa shape index (κ3) is 3.80. The summed E-state index contributed by atoms with van der Waals surface area (Å²) in [5.41, 5.74) is 2.20. The van der Waals surface area contributed by atoms with Crippen LogP contribution in [0.5, 0.6) is 5.75 Å². The van der Waals surface area contributed by atoms with Crippen LogP contribution in [-0.2, 0) is 17.8 Å². The Morgan fingerprint density at radius 3 is 3.13 bits per heavy atom. The topological polar surface area (TPSA) is 56.2 Å². The minimum Gasteiger partial charge on any atom is -0.493 e. The highest BCUT2D eigenvalue weighted by Crippen LogP contribution is 2.26. The number of anilines is 1. The summed E-state index contributed by atoms with van der Waals surface area (Å²) >= 11 is 0. The highest BCUT2D eigenvalue weighted by Gasteiger charge is 2.11. The van der Waals surface area contributed by atoms with Gasteiger partial charge in [0.2, 0.25) is 5.91 Å². The average molecular weight is 311 g/mol. The van der Waals surface area contributed by atoms with Crippen LogP contribution in [0.1, 0.15) is 25.0 Å². The third-order valence-electron chi connectivity index (χ3n) is 3.65. The van der Waals surface area contributed by atoms with Crippen molar-refractivity contribution in [3.63, 3.8) is 0 Å². The number of ether oxygens (including phenoxy) is 1. The van der Waals surface area contributed by atoms with Crippen molar-refractivity contribution in [3.8, 4) is 5.75 Å². The van der Waals surface area contributed by atoms with Gasteiger partial charge in [0.15, 0.2) is 0 Å². The van der Waals surface area contributed by atoms with E-state index in [1.54, 1.807) is 18.3 Å². The standard InChI is InChI=1S/C18H21N3O2/c1-13(2)12-21-17(7-9-19-21)20-18(22)6-4-14-3-5-16-15(11-14)8-10-23-16/h3-7,9,11,13H,8,10,12H2,1-2H3,(H,20,22)/b6-4+. The van der Waals surface area contributed by atoms with Crippen LogP contribution in [0.2, 0.25) is 0 Å². The molecule has 2 heterocycles. The molecule has 2 aromatic rings. The monoisotopic (exact) mass is 311 g/mol. The Morgan fingerprint density at radius 2 is 2.30 bits per heavy atom. The molecule has 120 valence electrons. The maximum absolute atomic E-state index is 12.1. The zero-order chi connectivity index (χ0) is 16.2. The first-order valence-corrected chi connectivity index (χ1v) is 7.88. The Bertz CT molecular complexity index is 732. The lowest BCUT2D eigenvalue weighted by Crippen LogP contribution is -2.15. The largest absolute Gasteiger partial charge is 0.493 e. The number of amides is 1. The van der Waals surface area contributed by atoms with Crippen LogP contribution in [-0.4, -0.2) is 22.3 Å². The molecule has 0 saturated carbocycles. The van der Waals surface area contributed by atoms with Crippen LogP contribution in [0.4, 0.5) is 5.82 Å². The number of nitrogens with zero attached hydrogens (tertiary/aromatic N) is 2. The van der Waals surface area contributed by atoms with Gasteiger partial charge in [0, 0.05) is 25.1 Å². The van der Waals surface area contributed by atoms with Crippen molar-refractivity contribution in [2.45, 2.75) is 26.8 Å². The third-order valence-corrected chi connectivity index (χ3v) is 3.65. The molecule has 1 N–H and O–H groups in total. The fraction of sp³-hybridized carbons (Fsp3) is 0.333. The molecule has 0 fully saturated rings. The quantitative estimate of drug-likeness (QED) is 0.863. The Hall–Kier alpha value is -2.56. The molecule has 0 aliphatic carbocycles. The van der Waals surface area contributed by atoms with E-state index in [0.29, 0.717) is 5.92 Å². The average Bonchev–Trinajstić information content (AvgIpc) is 3.13. The minimum atomic E-state index is -0.160. The Labute approximate surface area is 136 Å². The predicted octanol–water partition coefficient (Wildman–Crippen LogP) is 3.13. The van der Waals surface area contributed by atoms with Crippen LogP contribution in [0.3, 0.4) is 0 Å². The Morgan fingerprint density at radius 1 is 1.43 bits per heavy atom. The number of hydrogen-bond donors (Lipinski definition) is 1. The van der Waals surface area contributed by atoms with Crippen LogP contribution < -0.4 is 10.1 Å². The Balaban J connectivity index is 1.64. The van der Waals surface area contributed by atoms with Crippen molar-refractivity contribution in [1.82, 2.24) is 9.78 Å². The molecule has 0 atom stereocenters. The number of hydrogen-bond acceptors (Lipinski definition) is 3. The highest BCUT2D eigenvalue weighted by molar-refractivity contribution is 6.01. The van der Waals surface area contributed by atoms with Crippen LogP contribution in [0.25, 0.3) is 6.08 Å². The minimum absolute atomic E-state index is 0.160. The maximum atomic E-state index is 12.1. The van der Waals surface area contributed by atoms with Gasteiger partial charge in [0.05, 0.1) is 12.8 Å². The van der Waals surface area contributed by atoms with Gasteiger partial charge in [0.1, 0.15) is 11.6 Å². The molecular formula is C18H21N3O2. The summed E-state index contributed by atoms with van der Waals surface area (Å²) in [6.45, 7) is 5.75. The van der Waals surface area contributed by atoms with Gasteiger partial charge in [-0.1, -0.05) is 19.9 Å². The van der Waals surface area contributed by atoms with E-state index < -0.39 is 0 Å². The number of nitrogens with one attached hydrogen (secondary N) is 1. The van der Waals surface area contributed by atoms with Crippen molar-refractivity contribution in [2.75, 3.05) is 11.9 Å². The van der Waals surface area contributed by atoms with E-state index in [4.69, 9.17) is 4.74 Å². The van der Waals surface area contributed by atoms with Crippen LogP contribution >= 0.6 is 0 Å².